The first-order chi connectivity index (χ1) is 9.43. The van der Waals surface area contributed by atoms with Crippen molar-refractivity contribution in [2.24, 2.45) is 0 Å². The Hall–Kier alpha value is -0.720. The monoisotopic (exact) mass is 316 g/mol. The molecule has 1 aromatic rings. The number of unbranched alkanes of at least 4 members (excludes halogenated alkanes) is 1. The summed E-state index contributed by atoms with van der Waals surface area (Å²) in [5.74, 6) is 0.679. The maximum Gasteiger partial charge on any atom is 0.212 e. The molecule has 4 nitrogen and oxygen atoms in total. The Balaban J connectivity index is 2.34. The molecule has 0 bridgehead atoms. The Morgan fingerprint density at radius 2 is 1.95 bits per heavy atom. The highest BCUT2D eigenvalue weighted by Gasteiger charge is 2.13. The van der Waals surface area contributed by atoms with E-state index in [2.05, 4.69) is 11.6 Å². The molecule has 20 heavy (non-hydrogen) atoms. The Bertz CT molecular complexity index is 486. The molecule has 1 unspecified atom stereocenters. The summed E-state index contributed by atoms with van der Waals surface area (Å²) < 4.78 is 26.5. The van der Waals surface area contributed by atoms with E-state index in [-0.39, 0.29) is 11.8 Å². The van der Waals surface area contributed by atoms with Crippen LogP contribution >= 0.6 is 11.8 Å². The minimum Gasteiger partial charge on any atom is -0.399 e. The second-order valence-corrected chi connectivity index (χ2v) is 7.94. The first-order valence-electron chi connectivity index (χ1n) is 6.91. The average molecular weight is 316 g/mol. The van der Waals surface area contributed by atoms with Gasteiger partial charge in [-0.25, -0.2) is 13.1 Å². The van der Waals surface area contributed by atoms with Gasteiger partial charge in [-0.3, -0.25) is 0 Å². The fourth-order valence-electron chi connectivity index (χ4n) is 1.77. The molecule has 6 heteroatoms. The molecule has 0 radical (unpaired) electrons. The van der Waals surface area contributed by atoms with E-state index in [1.54, 1.807) is 0 Å². The molecule has 0 heterocycles. The fraction of sp³-hybridized carbons (Fsp3) is 0.571. The van der Waals surface area contributed by atoms with Gasteiger partial charge in [0.1, 0.15) is 0 Å². The number of benzene rings is 1. The lowest BCUT2D eigenvalue weighted by molar-refractivity contribution is 0.535. The summed E-state index contributed by atoms with van der Waals surface area (Å²) in [6.07, 6.45) is 3.02. The highest BCUT2D eigenvalue weighted by Crippen LogP contribution is 2.19. The van der Waals surface area contributed by atoms with Crippen LogP contribution in [0.15, 0.2) is 29.2 Å². The number of nitrogen functional groups attached to an aromatic ring is 1. The van der Waals surface area contributed by atoms with Gasteiger partial charge in [-0.05, 0) is 37.6 Å². The van der Waals surface area contributed by atoms with Gasteiger partial charge >= 0.3 is 0 Å². The van der Waals surface area contributed by atoms with Crippen LogP contribution in [0, 0.1) is 0 Å². The van der Waals surface area contributed by atoms with E-state index in [0.717, 1.165) is 24.2 Å². The van der Waals surface area contributed by atoms with Gasteiger partial charge in [0.25, 0.3) is 0 Å². The standard InChI is InChI=1S/C14H24N2O2S2/c1-3-4-5-12(2)16-20(17,18)11-10-19-14-8-6-13(15)7-9-14/h6-9,12,16H,3-5,10-11,15H2,1-2H3. The quantitative estimate of drug-likeness (QED) is 0.543. The fourth-order valence-corrected chi connectivity index (χ4v) is 4.39. The molecule has 0 aliphatic heterocycles. The number of sulfonamides is 1. The van der Waals surface area contributed by atoms with Crippen LogP contribution in [0.4, 0.5) is 5.69 Å². The van der Waals surface area contributed by atoms with Crippen LogP contribution in [0.3, 0.4) is 0 Å². The molecule has 1 aromatic carbocycles. The molecule has 0 saturated carbocycles. The summed E-state index contributed by atoms with van der Waals surface area (Å²) in [7, 11) is -3.19. The van der Waals surface area contributed by atoms with Gasteiger partial charge in [-0.15, -0.1) is 11.8 Å². The second kappa shape index (κ2) is 8.54. The average Bonchev–Trinajstić information content (AvgIpc) is 2.38. The summed E-state index contributed by atoms with van der Waals surface area (Å²) >= 11 is 1.53. The smallest absolute Gasteiger partial charge is 0.212 e. The van der Waals surface area contributed by atoms with Gasteiger partial charge < -0.3 is 5.73 Å². The number of thioether (sulfide) groups is 1. The maximum absolute atomic E-state index is 11.9. The minimum atomic E-state index is -3.19. The Morgan fingerprint density at radius 1 is 1.30 bits per heavy atom. The van der Waals surface area contributed by atoms with Crippen molar-refractivity contribution in [3.05, 3.63) is 24.3 Å². The Labute approximate surface area is 126 Å². The third-order valence-electron chi connectivity index (χ3n) is 2.87. The van der Waals surface area contributed by atoms with Gasteiger partial charge in [0.15, 0.2) is 0 Å². The predicted molar refractivity (Wildman–Crippen MR) is 87.5 cm³/mol. The van der Waals surface area contributed by atoms with Crippen molar-refractivity contribution in [3.8, 4) is 0 Å². The number of hydrogen-bond acceptors (Lipinski definition) is 4. The zero-order chi connectivity index (χ0) is 15.0. The van der Waals surface area contributed by atoms with E-state index in [4.69, 9.17) is 5.73 Å². The molecule has 0 aliphatic rings. The molecule has 0 aliphatic carbocycles. The van der Waals surface area contributed by atoms with Gasteiger partial charge in [0.2, 0.25) is 10.0 Å². The van der Waals surface area contributed by atoms with Crippen LogP contribution in [0.5, 0.6) is 0 Å². The molecule has 0 aromatic heterocycles. The van der Waals surface area contributed by atoms with Crippen molar-refractivity contribution in [1.29, 1.82) is 0 Å². The van der Waals surface area contributed by atoms with Gasteiger partial charge in [-0.2, -0.15) is 0 Å². The highest BCUT2D eigenvalue weighted by molar-refractivity contribution is 8.00. The lowest BCUT2D eigenvalue weighted by Gasteiger charge is -2.13. The molecule has 114 valence electrons. The zero-order valence-corrected chi connectivity index (χ0v) is 13.8. The molecular weight excluding hydrogens is 292 g/mol. The van der Waals surface area contributed by atoms with Crippen molar-refractivity contribution < 1.29 is 8.42 Å². The van der Waals surface area contributed by atoms with E-state index in [1.165, 1.54) is 11.8 Å². The van der Waals surface area contributed by atoms with Crippen molar-refractivity contribution in [2.75, 3.05) is 17.2 Å². The molecule has 0 spiro atoms. The maximum atomic E-state index is 11.9. The first-order valence-corrected chi connectivity index (χ1v) is 9.55. The number of nitrogens with two attached hydrogens (primary N) is 1. The molecule has 0 fully saturated rings. The number of rotatable bonds is 9. The first kappa shape index (κ1) is 17.3. The number of nitrogens with one attached hydrogen (secondary N) is 1. The van der Waals surface area contributed by atoms with Crippen LogP contribution in [0.2, 0.25) is 0 Å². The van der Waals surface area contributed by atoms with E-state index < -0.39 is 10.0 Å². The Kier molecular flexibility index (Phi) is 7.40. The summed E-state index contributed by atoms with van der Waals surface area (Å²) in [6, 6.07) is 7.47. The van der Waals surface area contributed by atoms with Crippen molar-refractivity contribution >= 4 is 27.5 Å². The Morgan fingerprint density at radius 3 is 2.55 bits per heavy atom. The highest BCUT2D eigenvalue weighted by atomic mass is 32.2. The van der Waals surface area contributed by atoms with Gasteiger partial charge in [0, 0.05) is 22.4 Å². The van der Waals surface area contributed by atoms with Crippen LogP contribution in [-0.2, 0) is 10.0 Å². The normalized spacial score (nSPS) is 13.3. The molecule has 1 rings (SSSR count). The third-order valence-corrected chi connectivity index (χ3v) is 5.65. The second-order valence-electron chi connectivity index (χ2n) is 4.90. The molecular formula is C14H24N2O2S2. The van der Waals surface area contributed by atoms with E-state index in [0.29, 0.717) is 11.4 Å². The summed E-state index contributed by atoms with van der Waals surface area (Å²) in [5, 5.41) is 0. The van der Waals surface area contributed by atoms with Crippen LogP contribution in [0.25, 0.3) is 0 Å². The molecule has 3 N–H and O–H groups in total. The van der Waals surface area contributed by atoms with Gasteiger partial charge in [-0.1, -0.05) is 19.8 Å². The third kappa shape index (κ3) is 7.17. The molecule has 0 amide bonds. The summed E-state index contributed by atoms with van der Waals surface area (Å²) in [4.78, 5) is 1.04. The summed E-state index contributed by atoms with van der Waals surface area (Å²) in [6.45, 7) is 4.02. The topological polar surface area (TPSA) is 72.2 Å². The lowest BCUT2D eigenvalue weighted by atomic mass is 10.2. The predicted octanol–water partition coefficient (Wildman–Crippen LogP) is 2.86. The van der Waals surface area contributed by atoms with Crippen LogP contribution < -0.4 is 10.5 Å². The SMILES string of the molecule is CCCCC(C)NS(=O)(=O)CCSc1ccc(N)cc1. The zero-order valence-electron chi connectivity index (χ0n) is 12.1. The number of anilines is 1. The van der Waals surface area contributed by atoms with E-state index >= 15 is 0 Å². The van der Waals surface area contributed by atoms with Crippen molar-refractivity contribution in [3.63, 3.8) is 0 Å². The van der Waals surface area contributed by atoms with Crippen LogP contribution in [-0.4, -0.2) is 26.0 Å². The minimum absolute atomic E-state index is 0.0153. The lowest BCUT2D eigenvalue weighted by Crippen LogP contribution is -2.34. The van der Waals surface area contributed by atoms with Crippen molar-refractivity contribution in [2.45, 2.75) is 44.0 Å². The molecule has 1 atom stereocenters. The summed E-state index contributed by atoms with van der Waals surface area (Å²) in [5.41, 5.74) is 6.32. The van der Waals surface area contributed by atoms with Gasteiger partial charge in [0.05, 0.1) is 5.75 Å². The van der Waals surface area contributed by atoms with Crippen LogP contribution in [0.1, 0.15) is 33.1 Å². The van der Waals surface area contributed by atoms with Crippen molar-refractivity contribution in [1.82, 2.24) is 4.72 Å². The van der Waals surface area contributed by atoms with E-state index in [1.807, 2.05) is 31.2 Å². The number of hydrogen-bond donors (Lipinski definition) is 2. The van der Waals surface area contributed by atoms with E-state index in [9.17, 15) is 8.42 Å². The molecule has 0 saturated heterocycles. The largest absolute Gasteiger partial charge is 0.399 e.